The average molecular weight is 250 g/mol. The summed E-state index contributed by atoms with van der Waals surface area (Å²) in [4.78, 5) is 9.77. The van der Waals surface area contributed by atoms with Crippen molar-refractivity contribution in [2.24, 2.45) is 5.92 Å². The number of anilines is 1. The highest BCUT2D eigenvalue weighted by Crippen LogP contribution is 2.19. The molecule has 4 nitrogen and oxygen atoms in total. The fraction of sp³-hybridized carbons (Fsp3) is 0.615. The summed E-state index contributed by atoms with van der Waals surface area (Å²) < 4.78 is 14.2. The first kappa shape index (κ1) is 14.4. The molecule has 0 aliphatic carbocycles. The van der Waals surface area contributed by atoms with Gasteiger partial charge in [-0.25, -0.2) is 14.4 Å². The van der Waals surface area contributed by atoms with E-state index in [4.69, 9.17) is 5.26 Å². The third kappa shape index (κ3) is 3.66. The molecule has 0 aromatic carbocycles. The molecule has 18 heavy (non-hydrogen) atoms. The summed E-state index contributed by atoms with van der Waals surface area (Å²) in [7, 11) is 0. The van der Waals surface area contributed by atoms with Crippen LogP contribution in [0, 0.1) is 23.1 Å². The van der Waals surface area contributed by atoms with Gasteiger partial charge in [-0.2, -0.15) is 5.26 Å². The summed E-state index contributed by atoms with van der Waals surface area (Å²) >= 11 is 0. The van der Waals surface area contributed by atoms with Crippen LogP contribution in [-0.2, 0) is 6.42 Å². The number of halogens is 1. The molecular weight excluding hydrogens is 231 g/mol. The molecule has 5 heteroatoms. The zero-order valence-electron chi connectivity index (χ0n) is 11.1. The molecule has 0 saturated heterocycles. The zero-order valence-corrected chi connectivity index (χ0v) is 11.1. The number of rotatable bonds is 6. The normalized spacial score (nSPS) is 10.4. The summed E-state index contributed by atoms with van der Waals surface area (Å²) in [6, 6.07) is 2.08. The van der Waals surface area contributed by atoms with Crippen LogP contribution in [0.25, 0.3) is 0 Å². The van der Waals surface area contributed by atoms with Crippen molar-refractivity contribution in [3.05, 3.63) is 17.8 Å². The highest BCUT2D eigenvalue weighted by molar-refractivity contribution is 5.41. The predicted molar refractivity (Wildman–Crippen MR) is 68.6 cm³/mol. The predicted octanol–water partition coefficient (Wildman–Crippen LogP) is 2.55. The number of nitrogens with zero attached hydrogens (tertiary/aromatic N) is 4. The third-order valence-electron chi connectivity index (χ3n) is 2.56. The van der Waals surface area contributed by atoms with Gasteiger partial charge in [0.2, 0.25) is 0 Å². The van der Waals surface area contributed by atoms with Crippen LogP contribution < -0.4 is 4.90 Å². The molecule has 0 N–H and O–H groups in total. The second kappa shape index (κ2) is 6.90. The van der Waals surface area contributed by atoms with Gasteiger partial charge in [0.05, 0.1) is 18.2 Å². The maximum absolute atomic E-state index is 14.2. The first-order chi connectivity index (χ1) is 8.60. The first-order valence-electron chi connectivity index (χ1n) is 6.21. The maximum atomic E-state index is 14.2. The SMILES string of the molecule is CCc1ncnc(N(CCC#N)CC(C)C)c1F. The van der Waals surface area contributed by atoms with Gasteiger partial charge in [-0.15, -0.1) is 0 Å². The Morgan fingerprint density at radius 3 is 2.72 bits per heavy atom. The van der Waals surface area contributed by atoms with Crippen molar-refractivity contribution in [3.8, 4) is 6.07 Å². The van der Waals surface area contributed by atoms with Crippen LogP contribution in [0.4, 0.5) is 10.2 Å². The largest absolute Gasteiger partial charge is 0.353 e. The van der Waals surface area contributed by atoms with Crippen LogP contribution in [0.2, 0.25) is 0 Å². The molecule has 0 saturated carbocycles. The molecule has 1 heterocycles. The highest BCUT2D eigenvalue weighted by Gasteiger charge is 2.17. The molecule has 0 fully saturated rings. The lowest BCUT2D eigenvalue weighted by Gasteiger charge is -2.25. The third-order valence-corrected chi connectivity index (χ3v) is 2.56. The number of hydrogen-bond donors (Lipinski definition) is 0. The van der Waals surface area contributed by atoms with E-state index in [0.29, 0.717) is 43.4 Å². The van der Waals surface area contributed by atoms with E-state index in [9.17, 15) is 4.39 Å². The Balaban J connectivity index is 3.00. The maximum Gasteiger partial charge on any atom is 0.187 e. The number of aryl methyl sites for hydroxylation is 1. The van der Waals surface area contributed by atoms with Gasteiger partial charge >= 0.3 is 0 Å². The lowest BCUT2D eigenvalue weighted by Crippen LogP contribution is -2.30. The van der Waals surface area contributed by atoms with Crippen LogP contribution in [-0.4, -0.2) is 23.1 Å². The molecule has 0 amide bonds. The molecule has 98 valence electrons. The van der Waals surface area contributed by atoms with E-state index >= 15 is 0 Å². The van der Waals surface area contributed by atoms with Gasteiger partial charge in [0.25, 0.3) is 0 Å². The summed E-state index contributed by atoms with van der Waals surface area (Å²) in [5, 5.41) is 8.66. The minimum atomic E-state index is -0.362. The number of nitriles is 1. The summed E-state index contributed by atoms with van der Waals surface area (Å²) in [5.41, 5.74) is 0.422. The van der Waals surface area contributed by atoms with Crippen LogP contribution >= 0.6 is 0 Å². The second-order valence-electron chi connectivity index (χ2n) is 4.56. The van der Waals surface area contributed by atoms with Crippen LogP contribution in [0.15, 0.2) is 6.33 Å². The van der Waals surface area contributed by atoms with Crippen molar-refractivity contribution in [2.45, 2.75) is 33.6 Å². The van der Waals surface area contributed by atoms with Crippen molar-refractivity contribution in [3.63, 3.8) is 0 Å². The van der Waals surface area contributed by atoms with E-state index in [1.165, 1.54) is 6.33 Å². The standard InChI is InChI=1S/C13H19FN4/c1-4-11-12(14)13(17-9-16-11)18(7-5-6-15)8-10(2)3/h9-10H,4-5,7-8H2,1-3H3. The minimum Gasteiger partial charge on any atom is -0.353 e. The molecular formula is C13H19FN4. The molecule has 1 rings (SSSR count). The summed E-state index contributed by atoms with van der Waals surface area (Å²) in [6.07, 6.45) is 2.28. The summed E-state index contributed by atoms with van der Waals surface area (Å²) in [6.45, 7) is 7.14. The van der Waals surface area contributed by atoms with Crippen molar-refractivity contribution in [1.82, 2.24) is 9.97 Å². The van der Waals surface area contributed by atoms with Crippen LogP contribution in [0.3, 0.4) is 0 Å². The van der Waals surface area contributed by atoms with Crippen molar-refractivity contribution in [2.75, 3.05) is 18.0 Å². The topological polar surface area (TPSA) is 52.8 Å². The Kier molecular flexibility index (Phi) is 5.50. The molecule has 0 aliphatic heterocycles. The van der Waals surface area contributed by atoms with Crippen LogP contribution in [0.5, 0.6) is 0 Å². The van der Waals surface area contributed by atoms with E-state index in [1.807, 2.05) is 11.8 Å². The minimum absolute atomic E-state index is 0.311. The molecule has 1 aromatic heterocycles. The summed E-state index contributed by atoms with van der Waals surface area (Å²) in [5.74, 6) is 0.326. The Bertz CT molecular complexity index is 425. The Morgan fingerprint density at radius 2 is 2.17 bits per heavy atom. The second-order valence-corrected chi connectivity index (χ2v) is 4.56. The van der Waals surface area contributed by atoms with Crippen molar-refractivity contribution >= 4 is 5.82 Å². The fourth-order valence-electron chi connectivity index (χ4n) is 1.77. The lowest BCUT2D eigenvalue weighted by atomic mass is 10.2. The molecule has 0 unspecified atom stereocenters. The first-order valence-corrected chi connectivity index (χ1v) is 6.21. The van der Waals surface area contributed by atoms with Crippen LogP contribution in [0.1, 0.15) is 32.9 Å². The lowest BCUT2D eigenvalue weighted by molar-refractivity contribution is 0.559. The van der Waals surface area contributed by atoms with E-state index < -0.39 is 0 Å². The number of hydrogen-bond acceptors (Lipinski definition) is 4. The van der Waals surface area contributed by atoms with E-state index in [2.05, 4.69) is 29.9 Å². The molecule has 0 bridgehead atoms. The smallest absolute Gasteiger partial charge is 0.187 e. The molecule has 0 aliphatic rings. The van der Waals surface area contributed by atoms with Crippen molar-refractivity contribution in [1.29, 1.82) is 5.26 Å². The van der Waals surface area contributed by atoms with Gasteiger partial charge in [-0.05, 0) is 12.3 Å². The Labute approximate surface area is 107 Å². The van der Waals surface area contributed by atoms with Gasteiger partial charge < -0.3 is 4.90 Å². The van der Waals surface area contributed by atoms with Gasteiger partial charge in [-0.1, -0.05) is 20.8 Å². The Morgan fingerprint density at radius 1 is 1.44 bits per heavy atom. The van der Waals surface area contributed by atoms with Gasteiger partial charge in [-0.3, -0.25) is 0 Å². The fourth-order valence-corrected chi connectivity index (χ4v) is 1.77. The van der Waals surface area contributed by atoms with Gasteiger partial charge in [0.15, 0.2) is 11.6 Å². The zero-order chi connectivity index (χ0) is 13.5. The molecule has 0 atom stereocenters. The molecule has 1 aromatic rings. The average Bonchev–Trinajstić information content (AvgIpc) is 2.34. The van der Waals surface area contributed by atoms with E-state index in [1.54, 1.807) is 0 Å². The molecule has 0 radical (unpaired) electrons. The van der Waals surface area contributed by atoms with E-state index in [-0.39, 0.29) is 5.82 Å². The quantitative estimate of drug-likeness (QED) is 0.778. The van der Waals surface area contributed by atoms with Crippen molar-refractivity contribution < 1.29 is 4.39 Å². The van der Waals surface area contributed by atoms with Gasteiger partial charge in [0.1, 0.15) is 6.33 Å². The Hall–Kier alpha value is -1.70. The number of aromatic nitrogens is 2. The van der Waals surface area contributed by atoms with Gasteiger partial charge in [0, 0.05) is 13.1 Å². The molecule has 0 spiro atoms. The monoisotopic (exact) mass is 250 g/mol. The van der Waals surface area contributed by atoms with E-state index in [0.717, 1.165) is 0 Å². The highest BCUT2D eigenvalue weighted by atomic mass is 19.1.